The molecule has 1 aliphatic heterocycles. The molecule has 14 heavy (non-hydrogen) atoms. The fourth-order valence-corrected chi connectivity index (χ4v) is 1.84. The second-order valence-corrected chi connectivity index (χ2v) is 4.37. The Hall–Kier alpha value is -0.220. The van der Waals surface area contributed by atoms with Gasteiger partial charge in [-0.3, -0.25) is 4.90 Å². The molecule has 0 aromatic carbocycles. The Morgan fingerprint density at radius 2 is 2.14 bits per heavy atom. The number of nitrogens with zero attached hydrogens (tertiary/aromatic N) is 1. The van der Waals surface area contributed by atoms with E-state index in [-0.39, 0.29) is 6.54 Å². The molecule has 0 aromatic heterocycles. The fourth-order valence-electron chi connectivity index (χ4n) is 1.84. The van der Waals surface area contributed by atoms with E-state index in [1.807, 2.05) is 4.90 Å². The average Bonchev–Trinajstić information content (AvgIpc) is 2.47. The maximum atomic E-state index is 12.1. The topological polar surface area (TPSA) is 15.3 Å². The van der Waals surface area contributed by atoms with Gasteiger partial charge >= 0.3 is 0 Å². The lowest BCUT2D eigenvalue weighted by Crippen LogP contribution is -2.32. The maximum absolute atomic E-state index is 12.1. The molecule has 1 unspecified atom stereocenters. The number of halogens is 2. The molecule has 0 radical (unpaired) electrons. The molecule has 1 saturated heterocycles. The molecule has 2 nitrogen and oxygen atoms in total. The monoisotopic (exact) mass is 206 g/mol. The minimum absolute atomic E-state index is 0.0574. The van der Waals surface area contributed by atoms with Gasteiger partial charge in [0.25, 0.3) is 6.43 Å². The van der Waals surface area contributed by atoms with E-state index in [2.05, 4.69) is 19.2 Å². The molecule has 4 heteroatoms. The van der Waals surface area contributed by atoms with E-state index >= 15 is 0 Å². The van der Waals surface area contributed by atoms with Gasteiger partial charge in [-0.05, 0) is 25.4 Å². The highest BCUT2D eigenvalue weighted by Crippen LogP contribution is 2.16. The number of rotatable bonds is 5. The second kappa shape index (κ2) is 5.61. The van der Waals surface area contributed by atoms with E-state index in [0.29, 0.717) is 12.0 Å². The Bertz CT molecular complexity index is 162. The van der Waals surface area contributed by atoms with Crippen molar-refractivity contribution in [2.45, 2.75) is 32.7 Å². The molecule has 0 bridgehead atoms. The molecule has 1 aliphatic rings. The van der Waals surface area contributed by atoms with Gasteiger partial charge in [-0.25, -0.2) is 8.78 Å². The molecule has 1 rings (SSSR count). The van der Waals surface area contributed by atoms with Crippen molar-refractivity contribution in [1.29, 1.82) is 0 Å². The lowest BCUT2D eigenvalue weighted by molar-refractivity contribution is 0.0978. The van der Waals surface area contributed by atoms with Crippen LogP contribution in [0.4, 0.5) is 8.78 Å². The van der Waals surface area contributed by atoms with E-state index in [1.165, 1.54) is 0 Å². The van der Waals surface area contributed by atoms with Crippen molar-refractivity contribution in [2.75, 3.05) is 26.2 Å². The minimum atomic E-state index is -2.19. The quantitative estimate of drug-likeness (QED) is 0.734. The number of hydrogen-bond acceptors (Lipinski definition) is 2. The zero-order chi connectivity index (χ0) is 10.6. The van der Waals surface area contributed by atoms with E-state index in [0.717, 1.165) is 26.1 Å². The Morgan fingerprint density at radius 3 is 2.71 bits per heavy atom. The summed E-state index contributed by atoms with van der Waals surface area (Å²) in [5, 5.41) is 3.35. The van der Waals surface area contributed by atoms with Gasteiger partial charge in [0.15, 0.2) is 0 Å². The van der Waals surface area contributed by atoms with Crippen LogP contribution in [0.5, 0.6) is 0 Å². The van der Waals surface area contributed by atoms with Crippen LogP contribution in [0.25, 0.3) is 0 Å². The average molecular weight is 206 g/mol. The van der Waals surface area contributed by atoms with E-state index in [1.54, 1.807) is 0 Å². The molecular formula is C10H20F2N2. The molecule has 0 saturated carbocycles. The number of hydrogen-bond donors (Lipinski definition) is 1. The zero-order valence-corrected chi connectivity index (χ0v) is 8.97. The van der Waals surface area contributed by atoms with Gasteiger partial charge in [0.1, 0.15) is 0 Å². The number of likely N-dealkylation sites (tertiary alicyclic amines) is 1. The lowest BCUT2D eigenvalue weighted by atomic mass is 10.1. The summed E-state index contributed by atoms with van der Waals surface area (Å²) in [5.74, 6) is 0.552. The van der Waals surface area contributed by atoms with Crippen molar-refractivity contribution < 1.29 is 8.78 Å². The minimum Gasteiger partial charge on any atom is -0.314 e. The first-order valence-corrected chi connectivity index (χ1v) is 5.32. The summed E-state index contributed by atoms with van der Waals surface area (Å²) in [6.07, 6.45) is -1.14. The first-order chi connectivity index (χ1) is 6.58. The third-order valence-corrected chi connectivity index (χ3v) is 2.58. The van der Waals surface area contributed by atoms with Crippen LogP contribution < -0.4 is 5.32 Å². The molecule has 0 amide bonds. The molecule has 1 N–H and O–H groups in total. The van der Waals surface area contributed by atoms with Gasteiger partial charge in [-0.2, -0.15) is 0 Å². The van der Waals surface area contributed by atoms with Gasteiger partial charge in [-0.1, -0.05) is 13.8 Å². The Kier molecular flexibility index (Phi) is 4.75. The van der Waals surface area contributed by atoms with Gasteiger partial charge in [-0.15, -0.1) is 0 Å². The third kappa shape index (κ3) is 4.33. The Balaban J connectivity index is 2.14. The Labute approximate surface area is 84.7 Å². The van der Waals surface area contributed by atoms with Crippen LogP contribution in [0.3, 0.4) is 0 Å². The third-order valence-electron chi connectivity index (χ3n) is 2.58. The highest BCUT2D eigenvalue weighted by molar-refractivity contribution is 4.77. The van der Waals surface area contributed by atoms with Gasteiger partial charge < -0.3 is 5.32 Å². The first kappa shape index (κ1) is 11.9. The molecule has 84 valence electrons. The van der Waals surface area contributed by atoms with Crippen LogP contribution in [0.1, 0.15) is 20.3 Å². The van der Waals surface area contributed by atoms with Crippen molar-refractivity contribution >= 4 is 0 Å². The van der Waals surface area contributed by atoms with Gasteiger partial charge in [0.2, 0.25) is 0 Å². The van der Waals surface area contributed by atoms with Crippen LogP contribution in [0, 0.1) is 5.92 Å². The highest BCUT2D eigenvalue weighted by Gasteiger charge is 2.24. The molecular weight excluding hydrogens is 186 g/mol. The van der Waals surface area contributed by atoms with Crippen LogP contribution in [-0.4, -0.2) is 43.5 Å². The van der Waals surface area contributed by atoms with Crippen molar-refractivity contribution in [3.63, 3.8) is 0 Å². The molecule has 0 aliphatic carbocycles. The van der Waals surface area contributed by atoms with Crippen LogP contribution in [0.15, 0.2) is 0 Å². The van der Waals surface area contributed by atoms with Crippen molar-refractivity contribution in [3.05, 3.63) is 0 Å². The van der Waals surface area contributed by atoms with Gasteiger partial charge in [0, 0.05) is 12.6 Å². The molecule has 0 aromatic rings. The summed E-state index contributed by atoms with van der Waals surface area (Å²) in [5.41, 5.74) is 0. The first-order valence-electron chi connectivity index (χ1n) is 5.32. The highest BCUT2D eigenvalue weighted by atomic mass is 19.3. The van der Waals surface area contributed by atoms with Gasteiger partial charge in [0.05, 0.1) is 6.54 Å². The second-order valence-electron chi connectivity index (χ2n) is 4.37. The fraction of sp³-hybridized carbons (Fsp3) is 1.00. The summed E-state index contributed by atoms with van der Waals surface area (Å²) >= 11 is 0. The Morgan fingerprint density at radius 1 is 1.43 bits per heavy atom. The predicted octanol–water partition coefficient (Wildman–Crippen LogP) is 1.57. The van der Waals surface area contributed by atoms with Crippen molar-refractivity contribution in [3.8, 4) is 0 Å². The summed E-state index contributed by atoms with van der Waals surface area (Å²) < 4.78 is 24.1. The van der Waals surface area contributed by atoms with Crippen molar-refractivity contribution in [1.82, 2.24) is 10.2 Å². The predicted molar refractivity (Wildman–Crippen MR) is 53.7 cm³/mol. The molecule has 1 fully saturated rings. The largest absolute Gasteiger partial charge is 0.314 e. The van der Waals surface area contributed by atoms with E-state index < -0.39 is 6.43 Å². The van der Waals surface area contributed by atoms with Crippen LogP contribution in [0.2, 0.25) is 0 Å². The van der Waals surface area contributed by atoms with Crippen molar-refractivity contribution in [2.24, 2.45) is 5.92 Å². The maximum Gasteiger partial charge on any atom is 0.251 e. The zero-order valence-electron chi connectivity index (χ0n) is 8.97. The lowest BCUT2D eigenvalue weighted by Gasteiger charge is -2.16. The standard InChI is InChI=1S/C10H20F2N2/c1-8(2)13-5-9-3-4-14(6-9)7-10(11)12/h8-10,13H,3-7H2,1-2H3. The smallest absolute Gasteiger partial charge is 0.251 e. The van der Waals surface area contributed by atoms with Crippen LogP contribution >= 0.6 is 0 Å². The number of nitrogens with one attached hydrogen (secondary N) is 1. The summed E-state index contributed by atoms with van der Waals surface area (Å²) in [7, 11) is 0. The molecule has 1 atom stereocenters. The molecule has 0 spiro atoms. The SMILES string of the molecule is CC(C)NCC1CCN(CC(F)F)C1. The summed E-state index contributed by atoms with van der Waals surface area (Å²) in [6.45, 7) is 6.76. The summed E-state index contributed by atoms with van der Waals surface area (Å²) in [4.78, 5) is 1.86. The summed E-state index contributed by atoms with van der Waals surface area (Å²) in [6, 6.07) is 0.485. The molecule has 1 heterocycles. The van der Waals surface area contributed by atoms with Crippen LogP contribution in [-0.2, 0) is 0 Å². The van der Waals surface area contributed by atoms with E-state index in [4.69, 9.17) is 0 Å². The normalized spacial score (nSPS) is 24.0. The number of alkyl halides is 2. The van der Waals surface area contributed by atoms with E-state index in [9.17, 15) is 8.78 Å².